The Kier molecular flexibility index (Phi) is 10.1. The number of aromatic nitrogens is 1. The third-order valence-corrected chi connectivity index (χ3v) is 7.51. The summed E-state index contributed by atoms with van der Waals surface area (Å²) in [6.45, 7) is 12.2. The summed E-state index contributed by atoms with van der Waals surface area (Å²) in [4.78, 5) is 26.6. The number of phosphoric acid groups is 1. The van der Waals surface area contributed by atoms with Crippen LogP contribution in [0.2, 0.25) is 0 Å². The Morgan fingerprint density at radius 2 is 1.59 bits per heavy atom. The van der Waals surface area contributed by atoms with Crippen molar-refractivity contribution in [3.63, 3.8) is 0 Å². The molecule has 224 valence electrons. The van der Waals surface area contributed by atoms with Gasteiger partial charge in [-0.15, -0.1) is 0 Å². The molecule has 1 aromatic heterocycles. The topological polar surface area (TPSA) is 102 Å². The first kappa shape index (κ1) is 32.3. The van der Waals surface area contributed by atoms with Crippen LogP contribution in [0.25, 0.3) is 22.0 Å². The summed E-state index contributed by atoms with van der Waals surface area (Å²) < 4.78 is 57.7. The Balaban J connectivity index is 2.06. The van der Waals surface area contributed by atoms with E-state index >= 15 is 4.39 Å². The number of rotatable bonds is 11. The van der Waals surface area contributed by atoms with Crippen LogP contribution in [0.5, 0.6) is 11.5 Å². The van der Waals surface area contributed by atoms with Gasteiger partial charge in [0.05, 0.1) is 42.2 Å². The minimum Gasteiger partial charge on any atom is -0.497 e. The predicted octanol–water partition coefficient (Wildman–Crippen LogP) is 7.28. The zero-order chi connectivity index (χ0) is 30.6. The van der Waals surface area contributed by atoms with Crippen LogP contribution in [0.1, 0.15) is 61.3 Å². The Bertz CT molecular complexity index is 1470. The first-order chi connectivity index (χ1) is 19.1. The Labute approximate surface area is 240 Å². The van der Waals surface area contributed by atoms with Crippen molar-refractivity contribution in [1.82, 2.24) is 4.57 Å². The number of fused-ring (bicyclic) bond motifs is 1. The molecule has 0 unspecified atom stereocenters. The fourth-order valence-corrected chi connectivity index (χ4v) is 5.85. The lowest BCUT2D eigenvalue weighted by Gasteiger charge is -2.30. The second kappa shape index (κ2) is 12.8. The minimum atomic E-state index is -4.30. The summed E-state index contributed by atoms with van der Waals surface area (Å²) in [5.74, 6) is -0.680. The lowest BCUT2D eigenvalue weighted by Crippen LogP contribution is -2.26. The fraction of sp³-hybridized carbons (Fsp3) is 0.467. The molecular formula is C30H39FNO8P. The van der Waals surface area contributed by atoms with Crippen molar-refractivity contribution in [3.8, 4) is 22.6 Å². The van der Waals surface area contributed by atoms with E-state index in [9.17, 15) is 14.2 Å². The molecule has 1 heterocycles. The highest BCUT2D eigenvalue weighted by molar-refractivity contribution is 7.49. The molecular weight excluding hydrogens is 552 g/mol. The van der Waals surface area contributed by atoms with Gasteiger partial charge < -0.3 is 18.6 Å². The summed E-state index contributed by atoms with van der Waals surface area (Å²) in [5.41, 5.74) is -1.41. The molecule has 0 N–H and O–H groups in total. The standard InChI is InChI=1S/C30H39FNO8P/c1-9-18-37-24-15-14-23(31)26-27(24)32(19-22(28(26)34)20-10-12-21(36-8)13-11-20)17-16-25(33)38-41(35,39-29(2,3)4)40-30(5,6)7/h10-15,19H,9,16-18H2,1-8H3. The van der Waals surface area contributed by atoms with E-state index in [2.05, 4.69) is 0 Å². The van der Waals surface area contributed by atoms with E-state index < -0.39 is 36.2 Å². The van der Waals surface area contributed by atoms with Crippen LogP contribution in [0.3, 0.4) is 0 Å². The van der Waals surface area contributed by atoms with Gasteiger partial charge in [-0.1, -0.05) is 19.1 Å². The number of ether oxygens (including phenoxy) is 2. The summed E-state index contributed by atoms with van der Waals surface area (Å²) in [6, 6.07) is 9.42. The van der Waals surface area contributed by atoms with E-state index in [1.807, 2.05) is 6.92 Å². The van der Waals surface area contributed by atoms with E-state index in [0.717, 1.165) is 0 Å². The molecule has 41 heavy (non-hydrogen) atoms. The second-order valence-corrected chi connectivity index (χ2v) is 12.9. The Morgan fingerprint density at radius 1 is 0.976 bits per heavy atom. The van der Waals surface area contributed by atoms with Crippen molar-refractivity contribution in [1.29, 1.82) is 0 Å². The smallest absolute Gasteiger partial charge is 0.497 e. The SMILES string of the molecule is CCCOc1ccc(F)c2c(=O)c(-c3ccc(OC)cc3)cn(CCC(=O)OP(=O)(OC(C)(C)C)OC(C)(C)C)c12. The molecule has 2 aromatic carbocycles. The molecule has 3 rings (SSSR count). The van der Waals surface area contributed by atoms with Crippen molar-refractivity contribution >= 4 is 24.7 Å². The molecule has 0 spiro atoms. The third-order valence-electron chi connectivity index (χ3n) is 5.54. The van der Waals surface area contributed by atoms with E-state index in [0.29, 0.717) is 30.1 Å². The molecule has 0 radical (unpaired) electrons. The van der Waals surface area contributed by atoms with Crippen molar-refractivity contribution in [2.45, 2.75) is 79.1 Å². The number of carbonyl (C=O) groups excluding carboxylic acids is 1. The zero-order valence-corrected chi connectivity index (χ0v) is 25.8. The van der Waals surface area contributed by atoms with Gasteiger partial charge in [-0.25, -0.2) is 8.96 Å². The summed E-state index contributed by atoms with van der Waals surface area (Å²) in [5, 5.41) is -0.168. The van der Waals surface area contributed by atoms with E-state index in [4.69, 9.17) is 23.0 Å². The molecule has 3 aromatic rings. The molecule has 0 aliphatic rings. The highest BCUT2D eigenvalue weighted by atomic mass is 31.2. The number of hydrogen-bond acceptors (Lipinski definition) is 8. The molecule has 0 aliphatic carbocycles. The van der Waals surface area contributed by atoms with Crippen LogP contribution in [-0.2, 0) is 29.5 Å². The predicted molar refractivity (Wildman–Crippen MR) is 156 cm³/mol. The highest BCUT2D eigenvalue weighted by Crippen LogP contribution is 2.55. The van der Waals surface area contributed by atoms with Gasteiger partial charge in [-0.05, 0) is 77.8 Å². The van der Waals surface area contributed by atoms with Crippen LogP contribution in [-0.4, -0.2) is 35.5 Å². The first-order valence-corrected chi connectivity index (χ1v) is 14.9. The number of phosphoric ester groups is 1. The maximum absolute atomic E-state index is 15.2. The quantitative estimate of drug-likeness (QED) is 0.215. The van der Waals surface area contributed by atoms with Crippen LogP contribution in [0, 0.1) is 5.82 Å². The molecule has 11 heteroatoms. The van der Waals surface area contributed by atoms with Gasteiger partial charge in [0.25, 0.3) is 0 Å². The normalized spacial score (nSPS) is 12.4. The number of pyridine rings is 1. The number of aryl methyl sites for hydroxylation is 1. The van der Waals surface area contributed by atoms with Crippen LogP contribution < -0.4 is 14.9 Å². The van der Waals surface area contributed by atoms with Crippen LogP contribution in [0.15, 0.2) is 47.4 Å². The maximum Gasteiger partial charge on any atom is 0.533 e. The second-order valence-electron chi connectivity index (χ2n) is 11.5. The summed E-state index contributed by atoms with van der Waals surface area (Å²) >= 11 is 0. The summed E-state index contributed by atoms with van der Waals surface area (Å²) in [7, 11) is -2.77. The molecule has 0 saturated heterocycles. The molecule has 0 bridgehead atoms. The van der Waals surface area contributed by atoms with Crippen molar-refractivity contribution in [3.05, 3.63) is 58.6 Å². The average Bonchev–Trinajstić information content (AvgIpc) is 2.85. The van der Waals surface area contributed by atoms with Crippen molar-refractivity contribution < 1.29 is 36.8 Å². The van der Waals surface area contributed by atoms with Gasteiger partial charge in [-0.2, -0.15) is 0 Å². The van der Waals surface area contributed by atoms with E-state index in [-0.39, 0.29) is 29.4 Å². The molecule has 0 aliphatic heterocycles. The van der Waals surface area contributed by atoms with Crippen molar-refractivity contribution in [2.24, 2.45) is 0 Å². The Morgan fingerprint density at radius 3 is 2.12 bits per heavy atom. The minimum absolute atomic E-state index is 0.0459. The lowest BCUT2D eigenvalue weighted by molar-refractivity contribution is -0.138. The van der Waals surface area contributed by atoms with E-state index in [1.165, 1.54) is 19.2 Å². The number of hydrogen-bond donors (Lipinski definition) is 0. The molecule has 9 nitrogen and oxygen atoms in total. The third kappa shape index (κ3) is 8.64. The Hall–Kier alpha value is -3.20. The highest BCUT2D eigenvalue weighted by Gasteiger charge is 2.40. The zero-order valence-electron chi connectivity index (χ0n) is 24.9. The van der Waals surface area contributed by atoms with Crippen LogP contribution in [0.4, 0.5) is 4.39 Å². The van der Waals surface area contributed by atoms with Gasteiger partial charge in [0, 0.05) is 18.3 Å². The largest absolute Gasteiger partial charge is 0.533 e. The molecule has 0 saturated carbocycles. The van der Waals surface area contributed by atoms with Crippen molar-refractivity contribution in [2.75, 3.05) is 13.7 Å². The average molecular weight is 592 g/mol. The number of benzene rings is 2. The number of halogens is 1. The molecule has 0 amide bonds. The van der Waals surface area contributed by atoms with Gasteiger partial charge in [0.15, 0.2) is 5.43 Å². The lowest BCUT2D eigenvalue weighted by atomic mass is 10.0. The van der Waals surface area contributed by atoms with Gasteiger partial charge in [0.1, 0.15) is 17.3 Å². The fourth-order valence-electron chi connectivity index (χ4n) is 4.05. The van der Waals surface area contributed by atoms with Gasteiger partial charge in [-0.3, -0.25) is 18.6 Å². The maximum atomic E-state index is 15.2. The number of carbonyl (C=O) groups is 1. The van der Waals surface area contributed by atoms with E-state index in [1.54, 1.807) is 76.6 Å². The van der Waals surface area contributed by atoms with Gasteiger partial charge >= 0.3 is 13.8 Å². The molecule has 0 fully saturated rings. The number of nitrogens with zero attached hydrogens (tertiary/aromatic N) is 1. The van der Waals surface area contributed by atoms with Crippen LogP contribution >= 0.6 is 7.82 Å². The number of methoxy groups -OCH3 is 1. The monoisotopic (exact) mass is 591 g/mol. The summed E-state index contributed by atoms with van der Waals surface area (Å²) in [6.07, 6.45) is 1.96. The van der Waals surface area contributed by atoms with Gasteiger partial charge in [0.2, 0.25) is 0 Å². The first-order valence-electron chi connectivity index (χ1n) is 13.4. The molecule has 0 atom stereocenters.